The van der Waals surface area contributed by atoms with Gasteiger partial charge in [-0.3, -0.25) is 9.88 Å². The highest BCUT2D eigenvalue weighted by atomic mass is 32.1. The van der Waals surface area contributed by atoms with E-state index >= 15 is 0 Å². The van der Waals surface area contributed by atoms with Crippen LogP contribution in [0.5, 0.6) is 0 Å². The van der Waals surface area contributed by atoms with Crippen LogP contribution in [0.4, 0.5) is 10.9 Å². The third-order valence-electron chi connectivity index (χ3n) is 4.17. The van der Waals surface area contributed by atoms with Crippen molar-refractivity contribution in [1.82, 2.24) is 25.2 Å². The Morgan fingerprint density at radius 1 is 1.08 bits per heavy atom. The van der Waals surface area contributed by atoms with E-state index in [1.165, 1.54) is 5.56 Å². The van der Waals surface area contributed by atoms with Crippen molar-refractivity contribution in [2.75, 3.05) is 31.5 Å². The number of piperazine rings is 1. The molecule has 1 aliphatic rings. The van der Waals surface area contributed by atoms with Crippen molar-refractivity contribution in [3.05, 3.63) is 54.6 Å². The van der Waals surface area contributed by atoms with Crippen molar-refractivity contribution in [2.24, 2.45) is 0 Å². The van der Waals surface area contributed by atoms with Crippen LogP contribution in [0.3, 0.4) is 0 Å². The van der Waals surface area contributed by atoms with Crippen molar-refractivity contribution in [1.29, 1.82) is 0 Å². The maximum absolute atomic E-state index is 4.52. The zero-order valence-corrected chi connectivity index (χ0v) is 14.7. The second-order valence-corrected chi connectivity index (χ2v) is 6.96. The zero-order chi connectivity index (χ0) is 16.9. The monoisotopic (exact) mass is 352 g/mol. The quantitative estimate of drug-likeness (QED) is 0.736. The van der Waals surface area contributed by atoms with Crippen molar-refractivity contribution >= 4 is 22.3 Å². The van der Waals surface area contributed by atoms with Crippen LogP contribution >= 0.6 is 11.3 Å². The molecule has 0 aromatic carbocycles. The number of hydrogen-bond acceptors (Lipinski definition) is 7. The molecule has 1 fully saturated rings. The summed E-state index contributed by atoms with van der Waals surface area (Å²) in [6, 6.07) is 8.10. The lowest BCUT2D eigenvalue weighted by molar-refractivity contribution is 0.233. The average Bonchev–Trinajstić information content (AvgIpc) is 3.14. The summed E-state index contributed by atoms with van der Waals surface area (Å²) in [5, 5.41) is 7.62. The Labute approximate surface area is 151 Å². The number of rotatable bonds is 5. The van der Waals surface area contributed by atoms with Crippen molar-refractivity contribution in [2.45, 2.75) is 6.54 Å². The van der Waals surface area contributed by atoms with Crippen LogP contribution in [0.25, 0.3) is 10.4 Å². The fraction of sp³-hybridized carbons (Fsp3) is 0.278. The average molecular weight is 352 g/mol. The van der Waals surface area contributed by atoms with E-state index in [0.717, 1.165) is 54.1 Å². The molecule has 1 saturated heterocycles. The van der Waals surface area contributed by atoms with Crippen LogP contribution in [0.2, 0.25) is 0 Å². The topological polar surface area (TPSA) is 66.0 Å². The van der Waals surface area contributed by atoms with Gasteiger partial charge >= 0.3 is 0 Å². The van der Waals surface area contributed by atoms with E-state index in [1.54, 1.807) is 17.5 Å². The minimum absolute atomic E-state index is 0.846. The van der Waals surface area contributed by atoms with Crippen molar-refractivity contribution in [3.8, 4) is 10.4 Å². The van der Waals surface area contributed by atoms with Gasteiger partial charge in [0.25, 0.3) is 0 Å². The van der Waals surface area contributed by atoms with Crippen LogP contribution in [0.1, 0.15) is 5.56 Å². The van der Waals surface area contributed by atoms with E-state index in [-0.39, 0.29) is 0 Å². The first-order chi connectivity index (χ1) is 12.4. The first kappa shape index (κ1) is 16.1. The van der Waals surface area contributed by atoms with Gasteiger partial charge in [0.05, 0.1) is 4.88 Å². The minimum atomic E-state index is 0.846. The molecule has 128 valence electrons. The summed E-state index contributed by atoms with van der Waals surface area (Å²) in [6.07, 6.45) is 7.33. The summed E-state index contributed by atoms with van der Waals surface area (Å²) in [5.74, 6) is 0.883. The van der Waals surface area contributed by atoms with Crippen LogP contribution in [-0.2, 0) is 6.54 Å². The van der Waals surface area contributed by atoms with Gasteiger partial charge in [-0.05, 0) is 12.1 Å². The minimum Gasteiger partial charge on any atom is -0.316 e. The van der Waals surface area contributed by atoms with Gasteiger partial charge in [-0.15, -0.1) is 0 Å². The van der Waals surface area contributed by atoms with Gasteiger partial charge in [-0.1, -0.05) is 23.5 Å². The molecule has 3 aromatic heterocycles. The van der Waals surface area contributed by atoms with Crippen LogP contribution in [-0.4, -0.2) is 46.0 Å². The Kier molecular flexibility index (Phi) is 4.96. The molecule has 0 bridgehead atoms. The van der Waals surface area contributed by atoms with Gasteiger partial charge in [0.2, 0.25) is 0 Å². The predicted octanol–water partition coefficient (Wildman–Crippen LogP) is 2.75. The maximum atomic E-state index is 4.52. The number of anilines is 2. The molecule has 4 heterocycles. The fourth-order valence-electron chi connectivity index (χ4n) is 2.86. The number of aromatic nitrogens is 3. The Morgan fingerprint density at radius 3 is 2.80 bits per heavy atom. The van der Waals surface area contributed by atoms with Crippen LogP contribution in [0, 0.1) is 0 Å². The summed E-state index contributed by atoms with van der Waals surface area (Å²) in [4.78, 5) is 16.7. The number of thiazole rings is 1. The molecule has 0 atom stereocenters. The predicted molar refractivity (Wildman–Crippen MR) is 101 cm³/mol. The van der Waals surface area contributed by atoms with E-state index in [9.17, 15) is 0 Å². The lowest BCUT2D eigenvalue weighted by Crippen LogP contribution is -2.42. The SMILES string of the molecule is c1cncc(-c2cnc(Nc3ncccc3CN3CCNCC3)s2)c1. The molecule has 25 heavy (non-hydrogen) atoms. The lowest BCUT2D eigenvalue weighted by atomic mass is 10.2. The molecule has 6 nitrogen and oxygen atoms in total. The first-order valence-corrected chi connectivity index (χ1v) is 9.20. The molecule has 7 heteroatoms. The Bertz CT molecular complexity index is 813. The Morgan fingerprint density at radius 2 is 1.96 bits per heavy atom. The summed E-state index contributed by atoms with van der Waals surface area (Å²) < 4.78 is 0. The molecule has 1 aliphatic heterocycles. The zero-order valence-electron chi connectivity index (χ0n) is 13.9. The largest absolute Gasteiger partial charge is 0.316 e. The number of hydrogen-bond donors (Lipinski definition) is 2. The first-order valence-electron chi connectivity index (χ1n) is 8.39. The number of nitrogens with zero attached hydrogens (tertiary/aromatic N) is 4. The van der Waals surface area contributed by atoms with E-state index in [4.69, 9.17) is 0 Å². The van der Waals surface area contributed by atoms with Gasteiger partial charge in [-0.2, -0.15) is 0 Å². The van der Waals surface area contributed by atoms with Gasteiger partial charge in [0, 0.05) is 68.6 Å². The molecule has 0 unspecified atom stereocenters. The Hall–Kier alpha value is -2.35. The molecule has 0 saturated carbocycles. The molecule has 4 rings (SSSR count). The lowest BCUT2D eigenvalue weighted by Gasteiger charge is -2.27. The molecule has 3 aromatic rings. The van der Waals surface area contributed by atoms with Gasteiger partial charge in [0.15, 0.2) is 5.13 Å². The molecular weight excluding hydrogens is 332 g/mol. The second kappa shape index (κ2) is 7.69. The van der Waals surface area contributed by atoms with E-state index < -0.39 is 0 Å². The van der Waals surface area contributed by atoms with Gasteiger partial charge in [-0.25, -0.2) is 9.97 Å². The van der Waals surface area contributed by atoms with Gasteiger partial charge < -0.3 is 10.6 Å². The molecule has 0 spiro atoms. The normalized spacial score (nSPS) is 15.2. The van der Waals surface area contributed by atoms with Crippen molar-refractivity contribution in [3.63, 3.8) is 0 Å². The Balaban J connectivity index is 1.50. The third kappa shape index (κ3) is 4.01. The van der Waals surface area contributed by atoms with Crippen LogP contribution in [0.15, 0.2) is 49.1 Å². The molecule has 0 amide bonds. The standard InChI is InChI=1S/C18H20N6S/c1-3-14(11-20-5-1)16-12-22-18(25-16)23-17-15(4-2-6-21-17)13-24-9-7-19-8-10-24/h1-6,11-12,19H,7-10,13H2,(H,21,22,23). The highest BCUT2D eigenvalue weighted by Gasteiger charge is 2.14. The van der Waals surface area contributed by atoms with E-state index in [2.05, 4.69) is 36.6 Å². The summed E-state index contributed by atoms with van der Waals surface area (Å²) in [6.45, 7) is 5.13. The third-order valence-corrected chi connectivity index (χ3v) is 5.13. The maximum Gasteiger partial charge on any atom is 0.188 e. The van der Waals surface area contributed by atoms with Gasteiger partial charge in [0.1, 0.15) is 5.82 Å². The summed E-state index contributed by atoms with van der Waals surface area (Å²) in [7, 11) is 0. The molecular formula is C18H20N6S. The highest BCUT2D eigenvalue weighted by molar-refractivity contribution is 7.18. The number of pyridine rings is 2. The molecule has 2 N–H and O–H groups in total. The highest BCUT2D eigenvalue weighted by Crippen LogP contribution is 2.30. The van der Waals surface area contributed by atoms with Crippen molar-refractivity contribution < 1.29 is 0 Å². The van der Waals surface area contributed by atoms with Crippen LogP contribution < -0.4 is 10.6 Å². The smallest absolute Gasteiger partial charge is 0.188 e. The second-order valence-electron chi connectivity index (χ2n) is 5.93. The summed E-state index contributed by atoms with van der Waals surface area (Å²) >= 11 is 1.61. The number of nitrogens with one attached hydrogen (secondary N) is 2. The molecule has 0 radical (unpaired) electrons. The van der Waals surface area contributed by atoms with E-state index in [1.807, 2.05) is 36.8 Å². The van der Waals surface area contributed by atoms with E-state index in [0.29, 0.717) is 0 Å². The fourth-order valence-corrected chi connectivity index (χ4v) is 3.67. The summed E-state index contributed by atoms with van der Waals surface area (Å²) in [5.41, 5.74) is 2.28. The molecule has 0 aliphatic carbocycles.